The summed E-state index contributed by atoms with van der Waals surface area (Å²) in [7, 11) is -4.12. The van der Waals surface area contributed by atoms with E-state index in [-0.39, 0.29) is 29.8 Å². The summed E-state index contributed by atoms with van der Waals surface area (Å²) in [5.41, 5.74) is 3.11. The maximum atomic E-state index is 14.4. The van der Waals surface area contributed by atoms with Gasteiger partial charge in [-0.2, -0.15) is 0 Å². The van der Waals surface area contributed by atoms with E-state index in [1.165, 1.54) is 17.0 Å². The lowest BCUT2D eigenvalue weighted by Crippen LogP contribution is -2.54. The molecule has 0 heterocycles. The van der Waals surface area contributed by atoms with Crippen LogP contribution in [0.15, 0.2) is 114 Å². The Morgan fingerprint density at radius 1 is 0.814 bits per heavy atom. The Labute approximate surface area is 268 Å². The quantitative estimate of drug-likeness (QED) is 0.184. The van der Waals surface area contributed by atoms with Crippen molar-refractivity contribution < 1.29 is 18.0 Å². The second-order valence-corrected chi connectivity index (χ2v) is 13.8. The van der Waals surface area contributed by atoms with Crippen LogP contribution in [-0.4, -0.2) is 43.8 Å². The number of rotatable bonds is 12. The first kappa shape index (κ1) is 32.2. The van der Waals surface area contributed by atoms with E-state index in [0.717, 1.165) is 24.6 Å². The van der Waals surface area contributed by atoms with Crippen molar-refractivity contribution in [1.29, 1.82) is 0 Å². The van der Waals surface area contributed by atoms with Crippen LogP contribution in [0.3, 0.4) is 0 Å². The van der Waals surface area contributed by atoms with Crippen LogP contribution in [0.4, 0.5) is 5.69 Å². The molecule has 7 nitrogen and oxygen atoms in total. The molecule has 0 saturated heterocycles. The van der Waals surface area contributed by atoms with Gasteiger partial charge in [0.25, 0.3) is 10.0 Å². The Morgan fingerprint density at radius 3 is 2.02 bits per heavy atom. The number of nitrogens with zero attached hydrogens (tertiary/aromatic N) is 2. The first-order valence-electron chi connectivity index (χ1n) is 14.1. The lowest BCUT2D eigenvalue weighted by atomic mass is 10.0. The van der Waals surface area contributed by atoms with Crippen LogP contribution in [0.5, 0.6) is 0 Å². The highest BCUT2D eigenvalue weighted by Crippen LogP contribution is 2.26. The van der Waals surface area contributed by atoms with Gasteiger partial charge >= 0.3 is 0 Å². The highest BCUT2D eigenvalue weighted by molar-refractivity contribution is 14.1. The summed E-state index contributed by atoms with van der Waals surface area (Å²) in [6, 6.07) is 31.3. The van der Waals surface area contributed by atoms with Gasteiger partial charge in [0.1, 0.15) is 12.6 Å². The summed E-state index contributed by atoms with van der Waals surface area (Å²) in [5, 5.41) is 2.98. The second kappa shape index (κ2) is 14.7. The maximum absolute atomic E-state index is 14.4. The number of aryl methyl sites for hydroxylation is 1. The Kier molecular flexibility index (Phi) is 11.0. The molecule has 1 atom stereocenters. The number of hydrogen-bond donors (Lipinski definition) is 1. The van der Waals surface area contributed by atoms with Gasteiger partial charge in [-0.05, 0) is 90.9 Å². The fourth-order valence-electron chi connectivity index (χ4n) is 4.80. The molecule has 0 spiro atoms. The molecule has 0 bridgehead atoms. The minimum atomic E-state index is -4.12. The van der Waals surface area contributed by atoms with Crippen molar-refractivity contribution in [3.63, 3.8) is 0 Å². The van der Waals surface area contributed by atoms with Gasteiger partial charge in [0, 0.05) is 22.6 Å². The van der Waals surface area contributed by atoms with Crippen LogP contribution < -0.4 is 9.62 Å². The topological polar surface area (TPSA) is 86.8 Å². The number of halogens is 1. The number of nitrogens with one attached hydrogen (secondary N) is 1. The number of sulfonamides is 1. The van der Waals surface area contributed by atoms with Crippen molar-refractivity contribution in [1.82, 2.24) is 10.2 Å². The lowest BCUT2D eigenvalue weighted by Gasteiger charge is -2.34. The van der Waals surface area contributed by atoms with Gasteiger partial charge in [-0.1, -0.05) is 78.4 Å². The normalized spacial score (nSPS) is 12.0. The lowest BCUT2D eigenvalue weighted by molar-refractivity contribution is -0.140. The van der Waals surface area contributed by atoms with Gasteiger partial charge < -0.3 is 10.2 Å². The summed E-state index contributed by atoms with van der Waals surface area (Å²) < 4.78 is 30.0. The summed E-state index contributed by atoms with van der Waals surface area (Å²) >= 11 is 2.15. The number of benzene rings is 4. The minimum Gasteiger partial charge on any atom is -0.352 e. The molecule has 0 aliphatic carbocycles. The molecule has 43 heavy (non-hydrogen) atoms. The molecule has 0 aliphatic rings. The van der Waals surface area contributed by atoms with Crippen molar-refractivity contribution in [3.8, 4) is 0 Å². The highest BCUT2D eigenvalue weighted by Gasteiger charge is 2.34. The van der Waals surface area contributed by atoms with Gasteiger partial charge in [-0.3, -0.25) is 13.9 Å². The van der Waals surface area contributed by atoms with E-state index in [1.807, 2.05) is 75.4 Å². The average molecular weight is 710 g/mol. The highest BCUT2D eigenvalue weighted by atomic mass is 127. The molecule has 0 aliphatic heterocycles. The van der Waals surface area contributed by atoms with Crippen LogP contribution in [0.1, 0.15) is 30.5 Å². The van der Waals surface area contributed by atoms with Crippen molar-refractivity contribution in [2.24, 2.45) is 0 Å². The fourth-order valence-corrected chi connectivity index (χ4v) is 6.59. The zero-order valence-electron chi connectivity index (χ0n) is 24.5. The minimum absolute atomic E-state index is 0.0740. The first-order valence-corrected chi connectivity index (χ1v) is 16.6. The predicted octanol–water partition coefficient (Wildman–Crippen LogP) is 5.96. The van der Waals surface area contributed by atoms with E-state index < -0.39 is 28.5 Å². The maximum Gasteiger partial charge on any atom is 0.264 e. The Balaban J connectivity index is 1.79. The average Bonchev–Trinajstić information content (AvgIpc) is 2.98. The largest absolute Gasteiger partial charge is 0.352 e. The molecule has 0 aromatic heterocycles. The zero-order chi connectivity index (χ0) is 31.0. The van der Waals surface area contributed by atoms with Crippen molar-refractivity contribution in [2.75, 3.05) is 10.8 Å². The van der Waals surface area contributed by atoms with Crippen LogP contribution in [-0.2, 0) is 32.6 Å². The number of carbonyl (C=O) groups excluding carboxylic acids is 2. The van der Waals surface area contributed by atoms with Crippen molar-refractivity contribution in [2.45, 2.75) is 50.7 Å². The van der Waals surface area contributed by atoms with Crippen LogP contribution >= 0.6 is 22.6 Å². The second-order valence-electron chi connectivity index (χ2n) is 10.7. The van der Waals surface area contributed by atoms with E-state index in [9.17, 15) is 18.0 Å². The Morgan fingerprint density at radius 2 is 1.42 bits per heavy atom. The zero-order valence-corrected chi connectivity index (χ0v) is 27.5. The molecule has 0 saturated carbocycles. The molecule has 0 radical (unpaired) electrons. The molecule has 4 rings (SSSR count). The standard InChI is InChI=1S/C34H36IN3O4S/c1-25(2)36-34(40)32(22-27-12-6-4-7-13-27)37(23-28-14-10-11-26(3)21-28)33(39)24-38(30-19-17-29(35)18-20-30)43(41,42)31-15-8-5-9-16-31/h4-21,25,32H,22-24H2,1-3H3,(H,36,40)/t32-/m1/s1. The molecule has 4 aromatic rings. The molecule has 0 fully saturated rings. The predicted molar refractivity (Wildman–Crippen MR) is 179 cm³/mol. The third kappa shape index (κ3) is 8.67. The third-order valence-corrected chi connectivity index (χ3v) is 9.37. The summed E-state index contributed by atoms with van der Waals surface area (Å²) in [5.74, 6) is -0.786. The van der Waals surface area contributed by atoms with Gasteiger partial charge in [0.05, 0.1) is 10.6 Å². The molecule has 9 heteroatoms. The molecular weight excluding hydrogens is 673 g/mol. The van der Waals surface area contributed by atoms with Crippen LogP contribution in [0.2, 0.25) is 0 Å². The van der Waals surface area contributed by atoms with Crippen LogP contribution in [0, 0.1) is 10.5 Å². The number of anilines is 1. The van der Waals surface area contributed by atoms with E-state index in [0.29, 0.717) is 5.69 Å². The van der Waals surface area contributed by atoms with Crippen molar-refractivity contribution in [3.05, 3.63) is 129 Å². The first-order chi connectivity index (χ1) is 20.5. The fraction of sp³-hybridized carbons (Fsp3) is 0.235. The summed E-state index contributed by atoms with van der Waals surface area (Å²) in [4.78, 5) is 29.7. The molecule has 1 N–H and O–H groups in total. The molecule has 4 aromatic carbocycles. The number of hydrogen-bond acceptors (Lipinski definition) is 4. The van der Waals surface area contributed by atoms with E-state index in [1.54, 1.807) is 42.5 Å². The van der Waals surface area contributed by atoms with Crippen molar-refractivity contribution >= 4 is 50.1 Å². The summed E-state index contributed by atoms with van der Waals surface area (Å²) in [6.45, 7) is 5.36. The smallest absolute Gasteiger partial charge is 0.264 e. The van der Waals surface area contributed by atoms with Gasteiger partial charge in [0.15, 0.2) is 0 Å². The molecular formula is C34H36IN3O4S. The van der Waals surface area contributed by atoms with E-state index >= 15 is 0 Å². The molecule has 0 unspecified atom stereocenters. The molecule has 2 amide bonds. The molecule has 224 valence electrons. The number of amides is 2. The van der Waals surface area contributed by atoms with E-state index in [4.69, 9.17) is 0 Å². The Hall–Kier alpha value is -3.70. The Bertz CT molecular complexity index is 1630. The monoisotopic (exact) mass is 709 g/mol. The van der Waals surface area contributed by atoms with Gasteiger partial charge in [-0.15, -0.1) is 0 Å². The summed E-state index contributed by atoms with van der Waals surface area (Å²) in [6.07, 6.45) is 0.270. The van der Waals surface area contributed by atoms with E-state index in [2.05, 4.69) is 27.9 Å². The van der Waals surface area contributed by atoms with Gasteiger partial charge in [0.2, 0.25) is 11.8 Å². The van der Waals surface area contributed by atoms with Gasteiger partial charge in [-0.25, -0.2) is 8.42 Å². The number of carbonyl (C=O) groups is 2. The third-order valence-electron chi connectivity index (χ3n) is 6.86. The van der Waals surface area contributed by atoms with Crippen LogP contribution in [0.25, 0.3) is 0 Å². The SMILES string of the molecule is Cc1cccc(CN(C(=O)CN(c2ccc(I)cc2)S(=O)(=O)c2ccccc2)[C@H](Cc2ccccc2)C(=O)NC(C)C)c1.